The number of hydrogen-bond donors (Lipinski definition) is 1. The normalized spacial score (nSPS) is 13.3. The zero-order chi connectivity index (χ0) is 13.5. The van der Waals surface area contributed by atoms with Crippen LogP contribution in [0.15, 0.2) is 24.3 Å². The standard InChI is InChI=1S/C16H28N2/c1-6-14(7-2)18(5)12-16(17-4)15-11-9-8-10-13(15)3/h8-11,14,16-17H,6-7,12H2,1-5H3. The first kappa shape index (κ1) is 15.2. The second kappa shape index (κ2) is 7.55. The van der Waals surface area contributed by atoms with Crippen LogP contribution < -0.4 is 5.32 Å². The second-order valence-corrected chi connectivity index (χ2v) is 5.11. The van der Waals surface area contributed by atoms with E-state index in [0.29, 0.717) is 12.1 Å². The quantitative estimate of drug-likeness (QED) is 0.796. The molecule has 0 aliphatic carbocycles. The summed E-state index contributed by atoms with van der Waals surface area (Å²) in [6.07, 6.45) is 2.44. The van der Waals surface area contributed by atoms with E-state index in [1.807, 2.05) is 0 Å². The summed E-state index contributed by atoms with van der Waals surface area (Å²) in [7, 11) is 4.29. The molecule has 2 nitrogen and oxygen atoms in total. The van der Waals surface area contributed by atoms with Crippen LogP contribution in [0.2, 0.25) is 0 Å². The van der Waals surface area contributed by atoms with Crippen molar-refractivity contribution in [2.45, 2.75) is 45.7 Å². The summed E-state index contributed by atoms with van der Waals surface area (Å²) in [6, 6.07) is 9.76. The average Bonchev–Trinajstić information content (AvgIpc) is 2.38. The molecule has 1 N–H and O–H groups in total. The van der Waals surface area contributed by atoms with Gasteiger partial charge in [-0.05, 0) is 45.0 Å². The lowest BCUT2D eigenvalue weighted by Crippen LogP contribution is -2.37. The summed E-state index contributed by atoms with van der Waals surface area (Å²) in [4.78, 5) is 2.48. The monoisotopic (exact) mass is 248 g/mol. The van der Waals surface area contributed by atoms with Gasteiger partial charge in [0.05, 0.1) is 0 Å². The van der Waals surface area contributed by atoms with E-state index in [1.54, 1.807) is 0 Å². The molecule has 2 heteroatoms. The van der Waals surface area contributed by atoms with Gasteiger partial charge in [-0.15, -0.1) is 0 Å². The summed E-state index contributed by atoms with van der Waals surface area (Å²) in [5.41, 5.74) is 2.78. The summed E-state index contributed by atoms with van der Waals surface area (Å²) in [5, 5.41) is 3.45. The maximum atomic E-state index is 3.45. The molecule has 0 amide bonds. The highest BCUT2D eigenvalue weighted by Gasteiger charge is 2.17. The topological polar surface area (TPSA) is 15.3 Å². The van der Waals surface area contributed by atoms with Crippen LogP contribution in [0, 0.1) is 6.92 Å². The second-order valence-electron chi connectivity index (χ2n) is 5.11. The fourth-order valence-corrected chi connectivity index (χ4v) is 2.67. The number of nitrogens with zero attached hydrogens (tertiary/aromatic N) is 1. The zero-order valence-electron chi connectivity index (χ0n) is 12.5. The molecule has 18 heavy (non-hydrogen) atoms. The van der Waals surface area contributed by atoms with E-state index in [0.717, 1.165) is 6.54 Å². The van der Waals surface area contributed by atoms with Crippen molar-refractivity contribution >= 4 is 0 Å². The Kier molecular flexibility index (Phi) is 6.37. The van der Waals surface area contributed by atoms with Crippen LogP contribution >= 0.6 is 0 Å². The van der Waals surface area contributed by atoms with Crippen molar-refractivity contribution in [1.29, 1.82) is 0 Å². The molecule has 1 atom stereocenters. The molecule has 0 aromatic heterocycles. The van der Waals surface area contributed by atoms with Crippen molar-refractivity contribution in [2.75, 3.05) is 20.6 Å². The molecule has 0 saturated heterocycles. The zero-order valence-corrected chi connectivity index (χ0v) is 12.5. The molecule has 0 spiro atoms. The van der Waals surface area contributed by atoms with Crippen molar-refractivity contribution in [3.63, 3.8) is 0 Å². The van der Waals surface area contributed by atoms with Crippen molar-refractivity contribution < 1.29 is 0 Å². The highest BCUT2D eigenvalue weighted by atomic mass is 15.1. The first-order valence-electron chi connectivity index (χ1n) is 7.07. The van der Waals surface area contributed by atoms with Crippen LogP contribution in [0.5, 0.6) is 0 Å². The van der Waals surface area contributed by atoms with Gasteiger partial charge in [0.25, 0.3) is 0 Å². The third-order valence-corrected chi connectivity index (χ3v) is 3.95. The first-order valence-corrected chi connectivity index (χ1v) is 7.07. The summed E-state index contributed by atoms with van der Waals surface area (Å²) in [5.74, 6) is 0. The van der Waals surface area contributed by atoms with E-state index in [1.165, 1.54) is 24.0 Å². The number of benzene rings is 1. The first-order chi connectivity index (χ1) is 8.63. The van der Waals surface area contributed by atoms with Gasteiger partial charge in [-0.25, -0.2) is 0 Å². The Morgan fingerprint density at radius 3 is 2.28 bits per heavy atom. The van der Waals surface area contributed by atoms with Crippen molar-refractivity contribution in [3.8, 4) is 0 Å². The van der Waals surface area contributed by atoms with E-state index in [4.69, 9.17) is 0 Å². The Labute approximate surface area is 112 Å². The molecular weight excluding hydrogens is 220 g/mol. The van der Waals surface area contributed by atoms with Gasteiger partial charge in [0.1, 0.15) is 0 Å². The van der Waals surface area contributed by atoms with Gasteiger partial charge in [0.15, 0.2) is 0 Å². The van der Waals surface area contributed by atoms with Crippen LogP contribution in [0.25, 0.3) is 0 Å². The number of aryl methyl sites for hydroxylation is 1. The van der Waals surface area contributed by atoms with Crippen molar-refractivity contribution in [2.24, 2.45) is 0 Å². The van der Waals surface area contributed by atoms with E-state index >= 15 is 0 Å². The van der Waals surface area contributed by atoms with Crippen LogP contribution in [0.4, 0.5) is 0 Å². The highest BCUT2D eigenvalue weighted by molar-refractivity contribution is 5.28. The largest absolute Gasteiger partial charge is 0.312 e. The van der Waals surface area contributed by atoms with Crippen molar-refractivity contribution in [1.82, 2.24) is 10.2 Å². The number of hydrogen-bond acceptors (Lipinski definition) is 2. The van der Waals surface area contributed by atoms with Crippen LogP contribution in [-0.2, 0) is 0 Å². The molecule has 0 heterocycles. The predicted molar refractivity (Wildman–Crippen MR) is 80.0 cm³/mol. The van der Waals surface area contributed by atoms with Gasteiger partial charge in [0.2, 0.25) is 0 Å². The molecule has 0 bridgehead atoms. The van der Waals surface area contributed by atoms with Crippen LogP contribution in [-0.4, -0.2) is 31.6 Å². The smallest absolute Gasteiger partial charge is 0.0449 e. The summed E-state index contributed by atoms with van der Waals surface area (Å²) < 4.78 is 0. The van der Waals surface area contributed by atoms with Gasteiger partial charge in [-0.1, -0.05) is 38.1 Å². The minimum Gasteiger partial charge on any atom is -0.312 e. The Morgan fingerprint density at radius 1 is 1.17 bits per heavy atom. The lowest BCUT2D eigenvalue weighted by Gasteiger charge is -2.30. The van der Waals surface area contributed by atoms with E-state index in [2.05, 4.69) is 69.3 Å². The maximum absolute atomic E-state index is 3.45. The maximum Gasteiger partial charge on any atom is 0.0449 e. The Hall–Kier alpha value is -0.860. The van der Waals surface area contributed by atoms with E-state index in [-0.39, 0.29) is 0 Å². The molecule has 0 radical (unpaired) electrons. The van der Waals surface area contributed by atoms with Crippen LogP contribution in [0.1, 0.15) is 43.9 Å². The molecule has 1 unspecified atom stereocenters. The molecule has 102 valence electrons. The third kappa shape index (κ3) is 3.82. The van der Waals surface area contributed by atoms with E-state index < -0.39 is 0 Å². The number of likely N-dealkylation sites (N-methyl/N-ethyl adjacent to an activating group) is 2. The minimum absolute atomic E-state index is 0.414. The molecule has 0 fully saturated rings. The molecule has 0 saturated carbocycles. The minimum atomic E-state index is 0.414. The van der Waals surface area contributed by atoms with Crippen molar-refractivity contribution in [3.05, 3.63) is 35.4 Å². The van der Waals surface area contributed by atoms with Gasteiger partial charge in [-0.3, -0.25) is 0 Å². The summed E-state index contributed by atoms with van der Waals surface area (Å²) in [6.45, 7) is 7.80. The highest BCUT2D eigenvalue weighted by Crippen LogP contribution is 2.19. The molecule has 1 aromatic carbocycles. The lowest BCUT2D eigenvalue weighted by atomic mass is 10.00. The predicted octanol–water partition coefficient (Wildman–Crippen LogP) is 3.38. The fourth-order valence-electron chi connectivity index (χ4n) is 2.67. The molecule has 1 aromatic rings. The van der Waals surface area contributed by atoms with Gasteiger partial charge in [0, 0.05) is 18.6 Å². The SMILES string of the molecule is CCC(CC)N(C)CC(NC)c1ccccc1C. The molecule has 0 aliphatic rings. The van der Waals surface area contributed by atoms with E-state index in [9.17, 15) is 0 Å². The third-order valence-electron chi connectivity index (χ3n) is 3.95. The number of nitrogens with one attached hydrogen (secondary N) is 1. The molecule has 0 aliphatic heterocycles. The summed E-state index contributed by atoms with van der Waals surface area (Å²) >= 11 is 0. The lowest BCUT2D eigenvalue weighted by molar-refractivity contribution is 0.208. The Bertz CT molecular complexity index is 345. The van der Waals surface area contributed by atoms with Gasteiger partial charge < -0.3 is 10.2 Å². The molecular formula is C16H28N2. The molecule has 1 rings (SSSR count). The van der Waals surface area contributed by atoms with Gasteiger partial charge >= 0.3 is 0 Å². The fraction of sp³-hybridized carbons (Fsp3) is 0.625. The Morgan fingerprint density at radius 2 is 1.78 bits per heavy atom. The average molecular weight is 248 g/mol. The number of rotatable bonds is 7. The van der Waals surface area contributed by atoms with Crippen LogP contribution in [0.3, 0.4) is 0 Å². The Balaban J connectivity index is 2.76. The van der Waals surface area contributed by atoms with Gasteiger partial charge in [-0.2, -0.15) is 0 Å².